The Balaban J connectivity index is 1.58. The standard InChI is InChI=1S/C21H24FN7O/c1-12-8-13(9-18(24)26-12)17-10-25-20(27-17)21(30)28-16-6-2-5-15(22)19(16)29-7-3-4-14(23)11-29/h2,5-6,8-10,14H,3-4,7,11,23H2,1H3,(H2,24,26)(H,25,27)(H,28,30)/t14-/m1/s1. The van der Waals surface area contributed by atoms with Gasteiger partial charge in [-0.3, -0.25) is 4.79 Å². The number of aromatic nitrogens is 3. The van der Waals surface area contributed by atoms with E-state index in [-0.39, 0.29) is 11.9 Å². The molecule has 9 heteroatoms. The Morgan fingerprint density at radius 2 is 2.17 bits per heavy atom. The number of nitrogens with one attached hydrogen (secondary N) is 2. The molecule has 0 radical (unpaired) electrons. The molecule has 3 heterocycles. The number of anilines is 3. The number of hydrogen-bond donors (Lipinski definition) is 4. The second kappa shape index (κ2) is 8.11. The lowest BCUT2D eigenvalue weighted by atomic mass is 10.1. The predicted molar refractivity (Wildman–Crippen MR) is 115 cm³/mol. The van der Waals surface area contributed by atoms with Gasteiger partial charge in [0.25, 0.3) is 5.91 Å². The summed E-state index contributed by atoms with van der Waals surface area (Å²) in [7, 11) is 0. The number of nitrogen functional groups attached to an aromatic ring is 1. The van der Waals surface area contributed by atoms with Crippen molar-refractivity contribution in [1.29, 1.82) is 0 Å². The fourth-order valence-electron chi connectivity index (χ4n) is 3.76. The molecule has 1 aliphatic rings. The number of para-hydroxylation sites is 1. The summed E-state index contributed by atoms with van der Waals surface area (Å²) in [6.07, 6.45) is 3.40. The third kappa shape index (κ3) is 4.11. The Labute approximate surface area is 173 Å². The summed E-state index contributed by atoms with van der Waals surface area (Å²) in [4.78, 5) is 26.0. The van der Waals surface area contributed by atoms with Crippen LogP contribution in [0.4, 0.5) is 21.6 Å². The number of aromatic amines is 1. The average molecular weight is 409 g/mol. The molecule has 0 aliphatic carbocycles. The summed E-state index contributed by atoms with van der Waals surface area (Å²) in [5.41, 5.74) is 14.7. The van der Waals surface area contributed by atoms with Crippen LogP contribution in [0.1, 0.15) is 29.2 Å². The molecule has 3 aromatic rings. The Morgan fingerprint density at radius 1 is 1.33 bits per heavy atom. The molecule has 156 valence electrons. The number of pyridine rings is 1. The molecule has 1 amide bonds. The van der Waals surface area contributed by atoms with E-state index in [9.17, 15) is 9.18 Å². The van der Waals surface area contributed by atoms with Gasteiger partial charge in [0.15, 0.2) is 5.82 Å². The number of rotatable bonds is 4. The van der Waals surface area contributed by atoms with Crippen LogP contribution >= 0.6 is 0 Å². The lowest BCUT2D eigenvalue weighted by Crippen LogP contribution is -2.43. The number of hydrogen-bond acceptors (Lipinski definition) is 6. The third-order valence-electron chi connectivity index (χ3n) is 5.07. The number of piperidine rings is 1. The fraction of sp³-hybridized carbons (Fsp3) is 0.286. The van der Waals surface area contributed by atoms with Crippen molar-refractivity contribution in [3.05, 3.63) is 53.9 Å². The van der Waals surface area contributed by atoms with E-state index >= 15 is 0 Å². The second-order valence-corrected chi connectivity index (χ2v) is 7.49. The number of benzene rings is 1. The van der Waals surface area contributed by atoms with Gasteiger partial charge in [-0.15, -0.1) is 0 Å². The van der Waals surface area contributed by atoms with Crippen LogP contribution < -0.4 is 21.7 Å². The molecule has 1 saturated heterocycles. The number of nitrogens with two attached hydrogens (primary N) is 2. The van der Waals surface area contributed by atoms with E-state index in [1.165, 1.54) is 6.07 Å². The molecule has 0 spiro atoms. The molecular formula is C21H24FN7O. The van der Waals surface area contributed by atoms with Crippen molar-refractivity contribution < 1.29 is 9.18 Å². The molecule has 6 N–H and O–H groups in total. The molecule has 30 heavy (non-hydrogen) atoms. The summed E-state index contributed by atoms with van der Waals surface area (Å²) >= 11 is 0. The Morgan fingerprint density at radius 3 is 2.93 bits per heavy atom. The average Bonchev–Trinajstić information content (AvgIpc) is 3.18. The molecule has 1 aromatic carbocycles. The van der Waals surface area contributed by atoms with Gasteiger partial charge in [0.1, 0.15) is 11.6 Å². The van der Waals surface area contributed by atoms with Gasteiger partial charge in [0, 0.05) is 36.6 Å². The predicted octanol–water partition coefficient (Wildman–Crippen LogP) is 2.68. The van der Waals surface area contributed by atoms with Crippen molar-refractivity contribution in [2.45, 2.75) is 25.8 Å². The van der Waals surface area contributed by atoms with Gasteiger partial charge in [-0.1, -0.05) is 6.07 Å². The molecule has 2 aromatic heterocycles. The summed E-state index contributed by atoms with van der Waals surface area (Å²) < 4.78 is 14.6. The first-order valence-electron chi connectivity index (χ1n) is 9.81. The molecule has 4 rings (SSSR count). The maximum absolute atomic E-state index is 14.6. The van der Waals surface area contributed by atoms with E-state index in [1.807, 2.05) is 17.9 Å². The fourth-order valence-corrected chi connectivity index (χ4v) is 3.76. The van der Waals surface area contributed by atoms with Gasteiger partial charge in [-0.05, 0) is 44.0 Å². The zero-order chi connectivity index (χ0) is 21.3. The maximum Gasteiger partial charge on any atom is 0.291 e. The Kier molecular flexibility index (Phi) is 5.37. The minimum Gasteiger partial charge on any atom is -0.384 e. The van der Waals surface area contributed by atoms with Crippen molar-refractivity contribution in [3.8, 4) is 11.3 Å². The summed E-state index contributed by atoms with van der Waals surface area (Å²) in [6, 6.07) is 8.12. The second-order valence-electron chi connectivity index (χ2n) is 7.49. The van der Waals surface area contributed by atoms with E-state index in [0.29, 0.717) is 36.0 Å². The number of carbonyl (C=O) groups is 1. The van der Waals surface area contributed by atoms with Gasteiger partial charge in [-0.2, -0.15) is 0 Å². The van der Waals surface area contributed by atoms with Crippen LogP contribution in [0, 0.1) is 12.7 Å². The van der Waals surface area contributed by atoms with Gasteiger partial charge in [0.05, 0.1) is 17.1 Å². The lowest BCUT2D eigenvalue weighted by Gasteiger charge is -2.34. The Hall–Kier alpha value is -3.46. The van der Waals surface area contributed by atoms with Crippen molar-refractivity contribution in [2.24, 2.45) is 5.73 Å². The SMILES string of the molecule is Cc1cc(-c2c[nH]c(C(=O)Nc3cccc(F)c3N3CCC[C@@H](N)C3)n2)cc(N)n1. The van der Waals surface area contributed by atoms with Crippen molar-refractivity contribution in [3.63, 3.8) is 0 Å². The van der Waals surface area contributed by atoms with Crippen molar-refractivity contribution in [2.75, 3.05) is 29.0 Å². The minimum absolute atomic E-state index is 0.0224. The molecule has 0 unspecified atom stereocenters. The number of nitrogens with zero attached hydrogens (tertiary/aromatic N) is 3. The highest BCUT2D eigenvalue weighted by molar-refractivity contribution is 6.04. The van der Waals surface area contributed by atoms with Crippen LogP contribution in [-0.2, 0) is 0 Å². The molecule has 1 aliphatic heterocycles. The van der Waals surface area contributed by atoms with Crippen LogP contribution in [0.15, 0.2) is 36.5 Å². The normalized spacial score (nSPS) is 16.5. The first-order valence-corrected chi connectivity index (χ1v) is 9.81. The highest BCUT2D eigenvalue weighted by atomic mass is 19.1. The van der Waals surface area contributed by atoms with Crippen molar-refractivity contribution >= 4 is 23.1 Å². The molecule has 0 saturated carbocycles. The zero-order valence-corrected chi connectivity index (χ0v) is 16.7. The number of halogens is 1. The largest absolute Gasteiger partial charge is 0.384 e. The van der Waals surface area contributed by atoms with Crippen LogP contribution in [0.5, 0.6) is 0 Å². The smallest absolute Gasteiger partial charge is 0.291 e. The molecular weight excluding hydrogens is 385 g/mol. The van der Waals surface area contributed by atoms with Crippen LogP contribution in [0.2, 0.25) is 0 Å². The van der Waals surface area contributed by atoms with E-state index in [0.717, 1.165) is 24.1 Å². The van der Waals surface area contributed by atoms with E-state index in [1.54, 1.807) is 24.4 Å². The Bertz CT molecular complexity index is 1060. The first-order chi connectivity index (χ1) is 14.4. The highest BCUT2D eigenvalue weighted by Crippen LogP contribution is 2.31. The summed E-state index contributed by atoms with van der Waals surface area (Å²) in [6.45, 7) is 3.06. The molecule has 1 atom stereocenters. The summed E-state index contributed by atoms with van der Waals surface area (Å²) in [5, 5.41) is 2.78. The molecule has 1 fully saturated rings. The maximum atomic E-state index is 14.6. The monoisotopic (exact) mass is 409 g/mol. The van der Waals surface area contributed by atoms with Gasteiger partial charge in [0.2, 0.25) is 0 Å². The minimum atomic E-state index is -0.465. The van der Waals surface area contributed by atoms with Crippen LogP contribution in [0.25, 0.3) is 11.3 Å². The number of amides is 1. The van der Waals surface area contributed by atoms with Crippen LogP contribution in [-0.4, -0.2) is 40.0 Å². The lowest BCUT2D eigenvalue weighted by molar-refractivity contribution is 0.101. The number of H-pyrrole nitrogens is 1. The summed E-state index contributed by atoms with van der Waals surface area (Å²) in [5.74, 6) is -0.371. The topological polar surface area (TPSA) is 126 Å². The van der Waals surface area contributed by atoms with E-state index in [2.05, 4.69) is 20.3 Å². The van der Waals surface area contributed by atoms with Gasteiger partial charge < -0.3 is 26.7 Å². The van der Waals surface area contributed by atoms with E-state index in [4.69, 9.17) is 11.5 Å². The van der Waals surface area contributed by atoms with E-state index < -0.39 is 11.7 Å². The first kappa shape index (κ1) is 19.8. The number of aryl methyl sites for hydroxylation is 1. The van der Waals surface area contributed by atoms with Crippen LogP contribution in [0.3, 0.4) is 0 Å². The van der Waals surface area contributed by atoms with Crippen molar-refractivity contribution in [1.82, 2.24) is 15.0 Å². The molecule has 0 bridgehead atoms. The number of carbonyl (C=O) groups excluding carboxylic acids is 1. The molecule has 8 nitrogen and oxygen atoms in total. The van der Waals surface area contributed by atoms with Gasteiger partial charge >= 0.3 is 0 Å². The quantitative estimate of drug-likeness (QED) is 0.525. The third-order valence-corrected chi connectivity index (χ3v) is 5.07. The van der Waals surface area contributed by atoms with Gasteiger partial charge in [-0.25, -0.2) is 14.4 Å². The zero-order valence-electron chi connectivity index (χ0n) is 16.7. The highest BCUT2D eigenvalue weighted by Gasteiger charge is 2.23. The number of imidazole rings is 1.